The van der Waals surface area contributed by atoms with E-state index in [0.717, 1.165) is 11.4 Å². The van der Waals surface area contributed by atoms with Gasteiger partial charge in [-0.2, -0.15) is 0 Å². The average Bonchev–Trinajstić information content (AvgIpc) is 3.38. The molecule has 1 heterocycles. The Labute approximate surface area is 230 Å². The summed E-state index contributed by atoms with van der Waals surface area (Å²) < 4.78 is 17.8. The Morgan fingerprint density at radius 1 is 0.923 bits per heavy atom. The first-order chi connectivity index (χ1) is 19.0. The number of aromatic nitrogens is 3. The van der Waals surface area contributed by atoms with Crippen molar-refractivity contribution in [2.75, 3.05) is 31.9 Å². The van der Waals surface area contributed by atoms with Gasteiger partial charge in [0.25, 0.3) is 5.91 Å². The molecule has 0 saturated carbocycles. The van der Waals surface area contributed by atoms with Gasteiger partial charge in [-0.15, -0.1) is 10.2 Å². The number of ether oxygens (including phenoxy) is 3. The van der Waals surface area contributed by atoms with Crippen molar-refractivity contribution in [1.29, 1.82) is 0 Å². The lowest BCUT2D eigenvalue weighted by atomic mass is 10.2. The summed E-state index contributed by atoms with van der Waals surface area (Å²) in [5, 5.41) is 14.9. The van der Waals surface area contributed by atoms with Crippen LogP contribution in [0.5, 0.6) is 17.2 Å². The zero-order valence-electron chi connectivity index (χ0n) is 21.8. The van der Waals surface area contributed by atoms with Crippen LogP contribution in [0.15, 0.2) is 78.0 Å². The van der Waals surface area contributed by atoms with E-state index in [1.807, 2.05) is 41.8 Å². The van der Waals surface area contributed by atoms with Crippen LogP contribution in [-0.2, 0) is 11.3 Å². The Bertz CT molecular complexity index is 1410. The predicted octanol–water partition coefficient (Wildman–Crippen LogP) is 4.34. The number of carbonyl (C=O) groups is 2. The molecule has 0 aliphatic carbocycles. The van der Waals surface area contributed by atoms with Crippen LogP contribution in [-0.4, -0.2) is 53.2 Å². The van der Waals surface area contributed by atoms with Crippen molar-refractivity contribution in [3.05, 3.63) is 84.2 Å². The van der Waals surface area contributed by atoms with E-state index in [4.69, 9.17) is 14.2 Å². The molecule has 0 atom stereocenters. The number of anilines is 1. The highest BCUT2D eigenvalue weighted by Crippen LogP contribution is 2.28. The number of nitrogens with zero attached hydrogens (tertiary/aromatic N) is 3. The number of carbonyl (C=O) groups excluding carboxylic acids is 2. The fraction of sp³-hybridized carbons (Fsp3) is 0.214. The van der Waals surface area contributed by atoms with Crippen molar-refractivity contribution in [2.45, 2.75) is 18.6 Å². The highest BCUT2D eigenvalue weighted by Gasteiger charge is 2.18. The molecule has 39 heavy (non-hydrogen) atoms. The Kier molecular flexibility index (Phi) is 9.41. The second kappa shape index (κ2) is 13.3. The Hall–Kier alpha value is -4.51. The van der Waals surface area contributed by atoms with E-state index in [9.17, 15) is 9.59 Å². The molecule has 11 heteroatoms. The molecule has 202 valence electrons. The normalized spacial score (nSPS) is 10.5. The Morgan fingerprint density at radius 3 is 2.36 bits per heavy atom. The van der Waals surface area contributed by atoms with E-state index >= 15 is 0 Å². The third-order valence-corrected chi connectivity index (χ3v) is 6.48. The minimum atomic E-state index is -0.303. The van der Waals surface area contributed by atoms with Crippen LogP contribution in [0, 0.1) is 0 Å². The molecule has 0 fully saturated rings. The molecule has 0 bridgehead atoms. The van der Waals surface area contributed by atoms with Crippen molar-refractivity contribution in [3.8, 4) is 22.9 Å². The molecule has 1 aromatic heterocycles. The van der Waals surface area contributed by atoms with E-state index in [-0.39, 0.29) is 24.1 Å². The molecule has 2 N–H and O–H groups in total. The molecule has 4 aromatic rings. The fourth-order valence-corrected chi connectivity index (χ4v) is 4.48. The smallest absolute Gasteiger partial charge is 0.251 e. The highest BCUT2D eigenvalue weighted by atomic mass is 32.2. The number of hydrogen-bond acceptors (Lipinski definition) is 8. The SMILES string of the molecule is CCOc1ccc(NC(=O)CSc2nnc(CNC(=O)c3ccc(OC)c(OC)c3)n2-c2ccccc2)cc1. The van der Waals surface area contributed by atoms with Gasteiger partial charge < -0.3 is 24.8 Å². The summed E-state index contributed by atoms with van der Waals surface area (Å²) in [6.45, 7) is 2.61. The van der Waals surface area contributed by atoms with E-state index < -0.39 is 0 Å². The number of hydrogen-bond donors (Lipinski definition) is 2. The van der Waals surface area contributed by atoms with Crippen molar-refractivity contribution >= 4 is 29.3 Å². The lowest BCUT2D eigenvalue weighted by molar-refractivity contribution is -0.113. The lowest BCUT2D eigenvalue weighted by Gasteiger charge is -2.12. The first-order valence-corrected chi connectivity index (χ1v) is 13.2. The van der Waals surface area contributed by atoms with Crippen molar-refractivity contribution in [1.82, 2.24) is 20.1 Å². The molecule has 0 radical (unpaired) electrons. The summed E-state index contributed by atoms with van der Waals surface area (Å²) >= 11 is 1.25. The van der Waals surface area contributed by atoms with Gasteiger partial charge in [0.2, 0.25) is 5.91 Å². The molecule has 0 unspecified atom stereocenters. The second-order valence-electron chi connectivity index (χ2n) is 8.12. The summed E-state index contributed by atoms with van der Waals surface area (Å²) in [5.74, 6) is 1.88. The van der Waals surface area contributed by atoms with Crippen molar-refractivity contribution in [2.24, 2.45) is 0 Å². The average molecular weight is 548 g/mol. The summed E-state index contributed by atoms with van der Waals surface area (Å²) in [6, 6.07) is 21.7. The lowest BCUT2D eigenvalue weighted by Crippen LogP contribution is -2.24. The standard InChI is InChI=1S/C28H29N5O5S/c1-4-38-22-13-11-20(12-14-22)30-26(34)18-39-28-32-31-25(33(28)21-8-6-5-7-9-21)17-29-27(35)19-10-15-23(36-2)24(16-19)37-3/h5-16H,4,17-18H2,1-3H3,(H,29,35)(H,30,34). The number of amides is 2. The maximum Gasteiger partial charge on any atom is 0.251 e. The molecule has 0 aliphatic heterocycles. The van der Waals surface area contributed by atoms with Gasteiger partial charge in [-0.25, -0.2) is 0 Å². The van der Waals surface area contributed by atoms with Crippen LogP contribution in [0.3, 0.4) is 0 Å². The second-order valence-corrected chi connectivity index (χ2v) is 9.06. The molecule has 0 saturated heterocycles. The molecular formula is C28H29N5O5S. The van der Waals surface area contributed by atoms with Crippen LogP contribution in [0.2, 0.25) is 0 Å². The number of thioether (sulfide) groups is 1. The first-order valence-electron chi connectivity index (χ1n) is 12.2. The quantitative estimate of drug-likeness (QED) is 0.252. The van der Waals surface area contributed by atoms with Crippen LogP contribution < -0.4 is 24.8 Å². The molecule has 3 aromatic carbocycles. The fourth-order valence-electron chi connectivity index (χ4n) is 3.71. The number of methoxy groups -OCH3 is 2. The third-order valence-electron chi connectivity index (χ3n) is 5.55. The van der Waals surface area contributed by atoms with Gasteiger partial charge in [0.15, 0.2) is 22.5 Å². The molecule has 4 rings (SSSR count). The summed E-state index contributed by atoms with van der Waals surface area (Å²) in [4.78, 5) is 25.5. The summed E-state index contributed by atoms with van der Waals surface area (Å²) in [7, 11) is 3.05. The van der Waals surface area contributed by atoms with Gasteiger partial charge in [0.1, 0.15) is 5.75 Å². The molecule has 0 spiro atoms. The van der Waals surface area contributed by atoms with Gasteiger partial charge >= 0.3 is 0 Å². The zero-order chi connectivity index (χ0) is 27.6. The minimum Gasteiger partial charge on any atom is -0.494 e. The summed E-state index contributed by atoms with van der Waals surface area (Å²) in [6.07, 6.45) is 0. The van der Waals surface area contributed by atoms with Gasteiger partial charge in [0, 0.05) is 16.9 Å². The number of rotatable bonds is 12. The first kappa shape index (κ1) is 27.5. The van der Waals surface area contributed by atoms with Crippen LogP contribution in [0.4, 0.5) is 5.69 Å². The van der Waals surface area contributed by atoms with Gasteiger partial charge in [0.05, 0.1) is 33.1 Å². The topological polar surface area (TPSA) is 117 Å². The predicted molar refractivity (Wildman–Crippen MR) is 149 cm³/mol. The van der Waals surface area contributed by atoms with Crippen LogP contribution in [0.25, 0.3) is 5.69 Å². The van der Waals surface area contributed by atoms with Gasteiger partial charge in [-0.3, -0.25) is 14.2 Å². The van der Waals surface area contributed by atoms with E-state index in [1.54, 1.807) is 42.5 Å². The maximum atomic E-state index is 12.9. The Balaban J connectivity index is 1.45. The monoisotopic (exact) mass is 547 g/mol. The minimum absolute atomic E-state index is 0.119. The summed E-state index contributed by atoms with van der Waals surface area (Å²) in [5.41, 5.74) is 1.90. The molecule has 0 aliphatic rings. The van der Waals surface area contributed by atoms with Gasteiger partial charge in [-0.1, -0.05) is 30.0 Å². The van der Waals surface area contributed by atoms with Crippen LogP contribution in [0.1, 0.15) is 23.1 Å². The Morgan fingerprint density at radius 2 is 1.67 bits per heavy atom. The van der Waals surface area contributed by atoms with Crippen molar-refractivity contribution < 1.29 is 23.8 Å². The molecule has 10 nitrogen and oxygen atoms in total. The largest absolute Gasteiger partial charge is 0.494 e. The van der Waals surface area contributed by atoms with E-state index in [0.29, 0.717) is 40.3 Å². The molecule has 2 amide bonds. The number of nitrogens with one attached hydrogen (secondary N) is 2. The van der Waals surface area contributed by atoms with Gasteiger partial charge in [-0.05, 0) is 61.5 Å². The maximum absolute atomic E-state index is 12.9. The van der Waals surface area contributed by atoms with Crippen LogP contribution >= 0.6 is 11.8 Å². The van der Waals surface area contributed by atoms with Crippen molar-refractivity contribution in [3.63, 3.8) is 0 Å². The number of benzene rings is 3. The molecular weight excluding hydrogens is 518 g/mol. The third kappa shape index (κ3) is 7.08. The van der Waals surface area contributed by atoms with E-state index in [2.05, 4.69) is 20.8 Å². The zero-order valence-corrected chi connectivity index (χ0v) is 22.7. The van der Waals surface area contributed by atoms with E-state index in [1.165, 1.54) is 26.0 Å². The number of para-hydroxylation sites is 1. The highest BCUT2D eigenvalue weighted by molar-refractivity contribution is 7.99.